The van der Waals surface area contributed by atoms with Crippen LogP contribution < -0.4 is 5.32 Å². The normalized spacial score (nSPS) is 21.5. The summed E-state index contributed by atoms with van der Waals surface area (Å²) < 4.78 is 29.5. The van der Waals surface area contributed by atoms with Crippen LogP contribution in [-0.4, -0.2) is 36.1 Å². The second-order valence-electron chi connectivity index (χ2n) is 4.05. The van der Waals surface area contributed by atoms with Gasteiger partial charge in [0.1, 0.15) is 0 Å². The van der Waals surface area contributed by atoms with Gasteiger partial charge in [0, 0.05) is 12.5 Å². The van der Waals surface area contributed by atoms with Gasteiger partial charge in [0.15, 0.2) is 5.44 Å². The van der Waals surface area contributed by atoms with Crippen LogP contribution in [0.5, 0.6) is 0 Å². The minimum atomic E-state index is -4.29. The summed E-state index contributed by atoms with van der Waals surface area (Å²) in [7, 11) is -4.29. The summed E-state index contributed by atoms with van der Waals surface area (Å²) in [4.78, 5) is 0. The first kappa shape index (κ1) is 12.9. The van der Waals surface area contributed by atoms with E-state index in [1.54, 1.807) is 0 Å². The Bertz CT molecular complexity index is 272. The molecule has 0 amide bonds. The van der Waals surface area contributed by atoms with Crippen LogP contribution >= 0.6 is 0 Å². The molecule has 0 aromatic heterocycles. The number of aliphatic hydroxyl groups excluding tert-OH is 1. The highest BCUT2D eigenvalue weighted by Gasteiger charge is 2.19. The fourth-order valence-corrected chi connectivity index (χ4v) is 2.28. The van der Waals surface area contributed by atoms with Crippen LogP contribution in [0.3, 0.4) is 0 Å². The molecule has 0 aromatic rings. The van der Waals surface area contributed by atoms with Crippen molar-refractivity contribution in [2.45, 2.75) is 50.0 Å². The first-order chi connectivity index (χ1) is 7.00. The van der Waals surface area contributed by atoms with Crippen LogP contribution in [0.1, 0.15) is 38.5 Å². The van der Waals surface area contributed by atoms with Crippen molar-refractivity contribution in [1.29, 1.82) is 0 Å². The monoisotopic (exact) mass is 237 g/mol. The number of hydrogen-bond acceptors (Lipinski definition) is 4. The lowest BCUT2D eigenvalue weighted by atomic mass is 9.95. The molecule has 0 radical (unpaired) electrons. The van der Waals surface area contributed by atoms with Gasteiger partial charge in [-0.1, -0.05) is 19.3 Å². The van der Waals surface area contributed by atoms with Crippen LogP contribution in [0.15, 0.2) is 0 Å². The van der Waals surface area contributed by atoms with Gasteiger partial charge in [-0.3, -0.25) is 4.55 Å². The molecule has 1 rings (SSSR count). The molecule has 6 heteroatoms. The molecule has 0 aliphatic heterocycles. The van der Waals surface area contributed by atoms with Gasteiger partial charge in [0.25, 0.3) is 10.1 Å². The third-order valence-electron chi connectivity index (χ3n) is 2.77. The number of hydrogen-bond donors (Lipinski definition) is 3. The second kappa shape index (κ2) is 5.79. The van der Waals surface area contributed by atoms with Crippen molar-refractivity contribution in [2.24, 2.45) is 0 Å². The number of rotatable bonds is 5. The zero-order chi connectivity index (χ0) is 11.3. The van der Waals surface area contributed by atoms with Crippen LogP contribution in [-0.2, 0) is 10.1 Å². The fraction of sp³-hybridized carbons (Fsp3) is 1.00. The summed E-state index contributed by atoms with van der Waals surface area (Å²) in [5.74, 6) is 0. The molecule has 0 spiro atoms. The molecule has 0 aromatic carbocycles. The van der Waals surface area contributed by atoms with E-state index in [2.05, 4.69) is 5.32 Å². The standard InChI is InChI=1S/C9H19NO4S/c11-9(15(12,13)14)6-7-10-8-4-2-1-3-5-8/h8-11H,1-7H2,(H,12,13,14). The molecule has 0 heterocycles. The molecule has 1 atom stereocenters. The predicted molar refractivity (Wildman–Crippen MR) is 57.0 cm³/mol. The Hall–Kier alpha value is -0.170. The molecule has 5 nitrogen and oxygen atoms in total. The van der Waals surface area contributed by atoms with Crippen molar-refractivity contribution >= 4 is 10.1 Å². The molecule has 1 aliphatic carbocycles. The molecule has 15 heavy (non-hydrogen) atoms. The lowest BCUT2D eigenvalue weighted by molar-refractivity contribution is 0.218. The maximum atomic E-state index is 10.5. The van der Waals surface area contributed by atoms with E-state index in [1.807, 2.05) is 0 Å². The van der Waals surface area contributed by atoms with E-state index in [9.17, 15) is 8.42 Å². The van der Waals surface area contributed by atoms with Gasteiger partial charge in [0.2, 0.25) is 0 Å². The van der Waals surface area contributed by atoms with E-state index in [1.165, 1.54) is 19.3 Å². The van der Waals surface area contributed by atoms with Gasteiger partial charge < -0.3 is 10.4 Å². The van der Waals surface area contributed by atoms with Crippen molar-refractivity contribution in [3.8, 4) is 0 Å². The highest BCUT2D eigenvalue weighted by Crippen LogP contribution is 2.17. The Morgan fingerprint density at radius 2 is 1.87 bits per heavy atom. The minimum Gasteiger partial charge on any atom is -0.375 e. The van der Waals surface area contributed by atoms with E-state index in [0.29, 0.717) is 12.6 Å². The second-order valence-corrected chi connectivity index (χ2v) is 5.62. The molecular weight excluding hydrogens is 218 g/mol. The van der Waals surface area contributed by atoms with Crippen molar-refractivity contribution in [3.05, 3.63) is 0 Å². The Morgan fingerprint density at radius 3 is 2.40 bits per heavy atom. The van der Waals surface area contributed by atoms with E-state index in [0.717, 1.165) is 12.8 Å². The van der Waals surface area contributed by atoms with Crippen molar-refractivity contribution in [1.82, 2.24) is 5.32 Å². The Labute approximate surface area is 90.6 Å². The van der Waals surface area contributed by atoms with E-state index in [4.69, 9.17) is 9.66 Å². The van der Waals surface area contributed by atoms with Crippen LogP contribution in [0.2, 0.25) is 0 Å². The van der Waals surface area contributed by atoms with Gasteiger partial charge in [0.05, 0.1) is 0 Å². The third-order valence-corrected chi connectivity index (χ3v) is 3.70. The summed E-state index contributed by atoms with van der Waals surface area (Å²) in [6.45, 7) is 0.422. The fourth-order valence-electron chi connectivity index (χ4n) is 1.87. The number of aliphatic hydroxyl groups is 1. The van der Waals surface area contributed by atoms with Crippen molar-refractivity contribution in [3.63, 3.8) is 0 Å². The van der Waals surface area contributed by atoms with Crippen molar-refractivity contribution < 1.29 is 18.1 Å². The summed E-state index contributed by atoms with van der Waals surface area (Å²) in [6.07, 6.45) is 5.95. The van der Waals surface area contributed by atoms with Gasteiger partial charge >= 0.3 is 0 Å². The quantitative estimate of drug-likeness (QED) is 0.606. The summed E-state index contributed by atoms with van der Waals surface area (Å²) in [5, 5.41) is 12.2. The molecule has 1 aliphatic rings. The van der Waals surface area contributed by atoms with Gasteiger partial charge in [-0.2, -0.15) is 8.42 Å². The number of nitrogens with one attached hydrogen (secondary N) is 1. The lowest BCUT2D eigenvalue weighted by Crippen LogP contribution is -2.34. The van der Waals surface area contributed by atoms with Crippen molar-refractivity contribution in [2.75, 3.05) is 6.54 Å². The Kier molecular flexibility index (Phi) is 4.98. The smallest absolute Gasteiger partial charge is 0.292 e. The molecule has 0 saturated heterocycles. The third kappa shape index (κ3) is 4.92. The Balaban J connectivity index is 2.15. The molecule has 1 saturated carbocycles. The molecule has 1 unspecified atom stereocenters. The maximum absolute atomic E-state index is 10.5. The zero-order valence-corrected chi connectivity index (χ0v) is 9.54. The molecule has 90 valence electrons. The molecule has 3 N–H and O–H groups in total. The average molecular weight is 237 g/mol. The highest BCUT2D eigenvalue weighted by atomic mass is 32.2. The van der Waals surface area contributed by atoms with Crippen LogP contribution in [0.25, 0.3) is 0 Å². The first-order valence-electron chi connectivity index (χ1n) is 5.38. The SMILES string of the molecule is O=S(=O)(O)C(O)CCNC1CCCCC1. The van der Waals surface area contributed by atoms with E-state index in [-0.39, 0.29) is 6.42 Å². The first-order valence-corrected chi connectivity index (χ1v) is 6.88. The Morgan fingerprint density at radius 1 is 1.27 bits per heavy atom. The summed E-state index contributed by atoms with van der Waals surface area (Å²) in [5.41, 5.74) is -1.66. The zero-order valence-electron chi connectivity index (χ0n) is 8.72. The highest BCUT2D eigenvalue weighted by molar-refractivity contribution is 7.86. The largest absolute Gasteiger partial charge is 0.375 e. The predicted octanol–water partition coefficient (Wildman–Crippen LogP) is 0.505. The van der Waals surface area contributed by atoms with Gasteiger partial charge in [-0.25, -0.2) is 0 Å². The molecule has 1 fully saturated rings. The molecule has 0 bridgehead atoms. The van der Waals surface area contributed by atoms with E-state index < -0.39 is 15.6 Å². The molecular formula is C9H19NO4S. The summed E-state index contributed by atoms with van der Waals surface area (Å²) in [6, 6.07) is 0.437. The van der Waals surface area contributed by atoms with Gasteiger partial charge in [-0.05, 0) is 19.4 Å². The lowest BCUT2D eigenvalue weighted by Gasteiger charge is -2.23. The minimum absolute atomic E-state index is 0.0370. The van der Waals surface area contributed by atoms with Crippen LogP contribution in [0.4, 0.5) is 0 Å². The van der Waals surface area contributed by atoms with Crippen LogP contribution in [0, 0.1) is 0 Å². The van der Waals surface area contributed by atoms with Gasteiger partial charge in [-0.15, -0.1) is 0 Å². The maximum Gasteiger partial charge on any atom is 0.292 e. The average Bonchev–Trinajstić information content (AvgIpc) is 2.18. The summed E-state index contributed by atoms with van der Waals surface area (Å²) >= 11 is 0. The topological polar surface area (TPSA) is 86.6 Å². The van der Waals surface area contributed by atoms with E-state index >= 15 is 0 Å².